The number of hydrogen-bond donors (Lipinski definition) is 0. The summed E-state index contributed by atoms with van der Waals surface area (Å²) in [5, 5.41) is 3.26. The molecule has 0 bridgehead atoms. The molecule has 2 heterocycles. The summed E-state index contributed by atoms with van der Waals surface area (Å²) in [4.78, 5) is 6.74. The molecule has 3 heteroatoms. The third-order valence-electron chi connectivity index (χ3n) is 2.30. The lowest BCUT2D eigenvalue weighted by molar-refractivity contribution is 0.726. The highest BCUT2D eigenvalue weighted by Crippen LogP contribution is 2.20. The molecule has 0 unspecified atom stereocenters. The maximum Gasteiger partial charge on any atom is 0.185 e. The third kappa shape index (κ3) is 1.78. The van der Waals surface area contributed by atoms with Crippen molar-refractivity contribution >= 4 is 16.5 Å². The summed E-state index contributed by atoms with van der Waals surface area (Å²) in [5.41, 5.74) is 0. The minimum atomic E-state index is 1.20. The molecule has 2 nitrogen and oxygen atoms in total. The van der Waals surface area contributed by atoms with Crippen molar-refractivity contribution in [3.8, 4) is 0 Å². The number of anilines is 1. The Kier molecular flexibility index (Phi) is 2.61. The minimum Gasteiger partial charge on any atom is -0.348 e. The van der Waals surface area contributed by atoms with Gasteiger partial charge in [-0.2, -0.15) is 0 Å². The van der Waals surface area contributed by atoms with Crippen LogP contribution >= 0.6 is 11.3 Å². The molecule has 1 fully saturated rings. The Morgan fingerprint density at radius 3 is 2.50 bits per heavy atom. The zero-order chi connectivity index (χ0) is 8.23. The average Bonchev–Trinajstić information content (AvgIpc) is 2.48. The highest BCUT2D eigenvalue weighted by molar-refractivity contribution is 7.13. The predicted molar refractivity (Wildman–Crippen MR) is 52.8 cm³/mol. The molecule has 1 saturated heterocycles. The molecule has 1 aliphatic rings. The Labute approximate surface area is 77.2 Å². The van der Waals surface area contributed by atoms with Gasteiger partial charge in [0.25, 0.3) is 0 Å². The second-order valence-electron chi connectivity index (χ2n) is 3.22. The SMILES string of the molecule is c1csc(N2CCCCCC2)n1. The smallest absolute Gasteiger partial charge is 0.185 e. The fraction of sp³-hybridized carbons (Fsp3) is 0.667. The van der Waals surface area contributed by atoms with Crippen LogP contribution in [0.5, 0.6) is 0 Å². The standard InChI is InChI=1S/C9H14N2S/c1-2-4-7-11(6-3-1)9-10-5-8-12-9/h5,8H,1-4,6-7H2. The van der Waals surface area contributed by atoms with Gasteiger partial charge in [0.1, 0.15) is 0 Å². The van der Waals surface area contributed by atoms with Crippen LogP contribution in [0.15, 0.2) is 11.6 Å². The van der Waals surface area contributed by atoms with Gasteiger partial charge in [0.2, 0.25) is 0 Å². The zero-order valence-corrected chi connectivity index (χ0v) is 8.02. The van der Waals surface area contributed by atoms with Crippen molar-refractivity contribution in [2.24, 2.45) is 0 Å². The van der Waals surface area contributed by atoms with Gasteiger partial charge in [-0.1, -0.05) is 12.8 Å². The molecule has 1 aliphatic heterocycles. The van der Waals surface area contributed by atoms with Crippen molar-refractivity contribution in [2.45, 2.75) is 25.7 Å². The second kappa shape index (κ2) is 3.90. The molecule has 0 saturated carbocycles. The number of aromatic nitrogens is 1. The van der Waals surface area contributed by atoms with Crippen molar-refractivity contribution in [1.82, 2.24) is 4.98 Å². The van der Waals surface area contributed by atoms with E-state index in [0.717, 1.165) is 0 Å². The zero-order valence-electron chi connectivity index (χ0n) is 7.20. The van der Waals surface area contributed by atoms with E-state index in [9.17, 15) is 0 Å². The molecular formula is C9H14N2S. The molecule has 0 aliphatic carbocycles. The van der Waals surface area contributed by atoms with E-state index in [2.05, 4.69) is 15.3 Å². The van der Waals surface area contributed by atoms with Crippen molar-refractivity contribution in [3.63, 3.8) is 0 Å². The first-order valence-corrected chi connectivity index (χ1v) is 5.49. The molecular weight excluding hydrogens is 168 g/mol. The van der Waals surface area contributed by atoms with E-state index in [1.54, 1.807) is 11.3 Å². The van der Waals surface area contributed by atoms with Crippen LogP contribution in [0.25, 0.3) is 0 Å². The van der Waals surface area contributed by atoms with Gasteiger partial charge in [0.15, 0.2) is 5.13 Å². The van der Waals surface area contributed by atoms with Gasteiger partial charge >= 0.3 is 0 Å². The van der Waals surface area contributed by atoms with Crippen molar-refractivity contribution in [2.75, 3.05) is 18.0 Å². The highest BCUT2D eigenvalue weighted by Gasteiger charge is 2.10. The molecule has 0 atom stereocenters. The van der Waals surface area contributed by atoms with Crippen LogP contribution in [0.1, 0.15) is 25.7 Å². The Morgan fingerprint density at radius 2 is 1.92 bits per heavy atom. The predicted octanol–water partition coefficient (Wildman–Crippen LogP) is 2.52. The highest BCUT2D eigenvalue weighted by atomic mass is 32.1. The maximum absolute atomic E-state index is 4.33. The summed E-state index contributed by atoms with van der Waals surface area (Å²) in [7, 11) is 0. The van der Waals surface area contributed by atoms with Gasteiger partial charge < -0.3 is 4.90 Å². The van der Waals surface area contributed by atoms with Crippen molar-refractivity contribution in [1.29, 1.82) is 0 Å². The monoisotopic (exact) mass is 182 g/mol. The van der Waals surface area contributed by atoms with Gasteiger partial charge in [-0.05, 0) is 12.8 Å². The van der Waals surface area contributed by atoms with Gasteiger partial charge in [-0.25, -0.2) is 4.98 Å². The molecule has 0 aromatic carbocycles. The normalized spacial score (nSPS) is 19.2. The van der Waals surface area contributed by atoms with Crippen LogP contribution in [-0.2, 0) is 0 Å². The quantitative estimate of drug-likeness (QED) is 0.663. The van der Waals surface area contributed by atoms with E-state index in [-0.39, 0.29) is 0 Å². The average molecular weight is 182 g/mol. The summed E-state index contributed by atoms with van der Waals surface area (Å²) < 4.78 is 0. The molecule has 0 spiro atoms. The lowest BCUT2D eigenvalue weighted by Crippen LogP contribution is -2.23. The van der Waals surface area contributed by atoms with Gasteiger partial charge in [-0.3, -0.25) is 0 Å². The molecule has 2 rings (SSSR count). The molecule has 66 valence electrons. The van der Waals surface area contributed by atoms with Gasteiger partial charge in [-0.15, -0.1) is 11.3 Å². The van der Waals surface area contributed by atoms with Crippen LogP contribution in [0.4, 0.5) is 5.13 Å². The third-order valence-corrected chi connectivity index (χ3v) is 3.13. The van der Waals surface area contributed by atoms with E-state index in [4.69, 9.17) is 0 Å². The number of nitrogens with zero attached hydrogens (tertiary/aromatic N) is 2. The Morgan fingerprint density at radius 1 is 1.17 bits per heavy atom. The largest absolute Gasteiger partial charge is 0.348 e. The fourth-order valence-electron chi connectivity index (χ4n) is 1.63. The maximum atomic E-state index is 4.33. The van der Waals surface area contributed by atoms with Crippen LogP contribution in [0, 0.1) is 0 Å². The molecule has 1 aromatic heterocycles. The summed E-state index contributed by atoms with van der Waals surface area (Å²) in [6.45, 7) is 2.40. The molecule has 0 amide bonds. The van der Waals surface area contributed by atoms with Crippen LogP contribution in [0.2, 0.25) is 0 Å². The Balaban J connectivity index is 2.02. The first-order valence-electron chi connectivity index (χ1n) is 4.61. The summed E-state index contributed by atoms with van der Waals surface area (Å²) in [5.74, 6) is 0. The van der Waals surface area contributed by atoms with Gasteiger partial charge in [0, 0.05) is 24.7 Å². The van der Waals surface area contributed by atoms with Crippen LogP contribution in [-0.4, -0.2) is 18.1 Å². The minimum absolute atomic E-state index is 1.20. The number of thiazole rings is 1. The van der Waals surface area contributed by atoms with E-state index in [0.29, 0.717) is 0 Å². The van der Waals surface area contributed by atoms with E-state index >= 15 is 0 Å². The molecule has 0 radical (unpaired) electrons. The Hall–Kier alpha value is -0.570. The molecule has 12 heavy (non-hydrogen) atoms. The van der Waals surface area contributed by atoms with E-state index in [1.807, 2.05) is 6.20 Å². The lowest BCUT2D eigenvalue weighted by Gasteiger charge is -2.18. The summed E-state index contributed by atoms with van der Waals surface area (Å²) >= 11 is 1.75. The first kappa shape index (κ1) is 8.05. The lowest BCUT2D eigenvalue weighted by atomic mass is 10.2. The summed E-state index contributed by atoms with van der Waals surface area (Å²) in [6.07, 6.45) is 7.34. The Bertz CT molecular complexity index is 212. The second-order valence-corrected chi connectivity index (χ2v) is 4.09. The van der Waals surface area contributed by atoms with E-state index < -0.39 is 0 Å². The molecule has 1 aromatic rings. The number of rotatable bonds is 1. The molecule has 0 N–H and O–H groups in total. The van der Waals surface area contributed by atoms with E-state index in [1.165, 1.54) is 43.9 Å². The fourth-order valence-corrected chi connectivity index (χ4v) is 2.33. The number of hydrogen-bond acceptors (Lipinski definition) is 3. The van der Waals surface area contributed by atoms with Crippen LogP contribution < -0.4 is 4.90 Å². The topological polar surface area (TPSA) is 16.1 Å². The summed E-state index contributed by atoms with van der Waals surface area (Å²) in [6, 6.07) is 0. The van der Waals surface area contributed by atoms with Gasteiger partial charge in [0.05, 0.1) is 0 Å². The first-order chi connectivity index (χ1) is 5.97. The van der Waals surface area contributed by atoms with Crippen molar-refractivity contribution < 1.29 is 0 Å². The van der Waals surface area contributed by atoms with Crippen LogP contribution in [0.3, 0.4) is 0 Å². The van der Waals surface area contributed by atoms with Crippen molar-refractivity contribution in [3.05, 3.63) is 11.6 Å².